The molecule has 0 unspecified atom stereocenters. The predicted molar refractivity (Wildman–Crippen MR) is 89.4 cm³/mol. The van der Waals surface area contributed by atoms with Gasteiger partial charge in [-0.05, 0) is 20.8 Å². The average molecular weight is 381 g/mol. The van der Waals surface area contributed by atoms with Crippen LogP contribution in [0.3, 0.4) is 0 Å². The second kappa shape index (κ2) is 7.19. The van der Waals surface area contributed by atoms with Crippen LogP contribution in [0, 0.1) is 6.92 Å². The molecule has 1 fully saturated rings. The molecule has 1 aromatic rings. The normalized spacial score (nSPS) is 31.8. The molecule has 0 spiro atoms. The zero-order chi connectivity index (χ0) is 18.2. The first kappa shape index (κ1) is 19.5. The monoisotopic (exact) mass is 380 g/mol. The van der Waals surface area contributed by atoms with Gasteiger partial charge in [0.25, 0.3) is 5.91 Å². The molecule has 2 heterocycles. The number of nitrogens with one attached hydrogen (secondary N) is 2. The van der Waals surface area contributed by atoms with E-state index in [1.54, 1.807) is 20.8 Å². The number of H-pyrrole nitrogens is 1. The van der Waals surface area contributed by atoms with Crippen LogP contribution in [-0.2, 0) is 9.47 Å². The van der Waals surface area contributed by atoms with Gasteiger partial charge in [-0.2, -0.15) is 0 Å². The Morgan fingerprint density at radius 2 is 2.12 bits per heavy atom. The Bertz CT molecular complexity index is 623. The smallest absolute Gasteiger partial charge is 0.269 e. The fourth-order valence-electron chi connectivity index (χ4n) is 2.85. The molecule has 2 rings (SSSR count). The highest BCUT2D eigenvalue weighted by Crippen LogP contribution is 2.33. The van der Waals surface area contributed by atoms with Gasteiger partial charge in [0.2, 0.25) is 0 Å². The van der Waals surface area contributed by atoms with E-state index in [0.29, 0.717) is 5.69 Å². The van der Waals surface area contributed by atoms with Gasteiger partial charge >= 0.3 is 0 Å². The molecule has 24 heavy (non-hydrogen) atoms. The summed E-state index contributed by atoms with van der Waals surface area (Å²) in [5, 5.41) is 24.3. The van der Waals surface area contributed by atoms with Crippen molar-refractivity contribution >= 4 is 29.1 Å². The van der Waals surface area contributed by atoms with Gasteiger partial charge in [0, 0.05) is 19.2 Å². The number of aromatic nitrogens is 1. The third kappa shape index (κ3) is 3.42. The first-order valence-electron chi connectivity index (χ1n) is 7.55. The number of amides is 1. The molecule has 1 saturated heterocycles. The standard InChI is InChI=1S/C15H22Cl2N2O5/c1-6-10(16)11(17)12(18-6)14(21)19-8(3)15(22)5-9(23-4)24-7(2)13(15)20/h7-9,13,18,20,22H,5H2,1-4H3,(H,19,21)/t7-,8+,9+,13-,15-/m1/s1. The summed E-state index contributed by atoms with van der Waals surface area (Å²) in [6.45, 7) is 4.91. The highest BCUT2D eigenvalue weighted by atomic mass is 35.5. The van der Waals surface area contributed by atoms with E-state index in [1.807, 2.05) is 0 Å². The Balaban J connectivity index is 2.19. The molecule has 1 amide bonds. The van der Waals surface area contributed by atoms with Crippen molar-refractivity contribution in [3.05, 3.63) is 21.4 Å². The van der Waals surface area contributed by atoms with Gasteiger partial charge in [-0.1, -0.05) is 23.2 Å². The van der Waals surface area contributed by atoms with E-state index in [9.17, 15) is 15.0 Å². The summed E-state index contributed by atoms with van der Waals surface area (Å²) in [6.07, 6.45) is -2.52. The quantitative estimate of drug-likeness (QED) is 0.635. The number of carbonyl (C=O) groups is 1. The number of hydrogen-bond donors (Lipinski definition) is 4. The van der Waals surface area contributed by atoms with Crippen LogP contribution in [0.15, 0.2) is 0 Å². The van der Waals surface area contributed by atoms with Gasteiger partial charge in [0.15, 0.2) is 6.29 Å². The van der Waals surface area contributed by atoms with Crippen molar-refractivity contribution in [2.45, 2.75) is 57.3 Å². The van der Waals surface area contributed by atoms with Crippen molar-refractivity contribution in [3.8, 4) is 0 Å². The molecule has 1 aliphatic heterocycles. The van der Waals surface area contributed by atoms with Crippen LogP contribution in [0.2, 0.25) is 10.0 Å². The fourth-order valence-corrected chi connectivity index (χ4v) is 3.27. The Hall–Kier alpha value is -0.830. The molecular weight excluding hydrogens is 359 g/mol. The van der Waals surface area contributed by atoms with Gasteiger partial charge in [0.05, 0.1) is 22.2 Å². The van der Waals surface area contributed by atoms with Crippen molar-refractivity contribution in [2.75, 3.05) is 7.11 Å². The third-order valence-corrected chi connectivity index (χ3v) is 5.41. The largest absolute Gasteiger partial charge is 0.387 e. The molecule has 0 aromatic carbocycles. The Kier molecular flexibility index (Phi) is 5.84. The fraction of sp³-hybridized carbons (Fsp3) is 0.667. The zero-order valence-electron chi connectivity index (χ0n) is 13.9. The maximum Gasteiger partial charge on any atom is 0.269 e. The molecule has 1 aromatic heterocycles. The summed E-state index contributed by atoms with van der Waals surface area (Å²) in [5.41, 5.74) is -0.948. The van der Waals surface area contributed by atoms with Crippen molar-refractivity contribution < 1.29 is 24.5 Å². The van der Waals surface area contributed by atoms with Crippen LogP contribution >= 0.6 is 23.2 Å². The number of halogens is 2. The Labute approximate surface area is 150 Å². The molecule has 9 heteroatoms. The van der Waals surface area contributed by atoms with Crippen LogP contribution < -0.4 is 5.32 Å². The molecule has 1 aliphatic rings. The van der Waals surface area contributed by atoms with Crippen molar-refractivity contribution in [2.24, 2.45) is 0 Å². The van der Waals surface area contributed by atoms with E-state index in [0.717, 1.165) is 0 Å². The first-order chi connectivity index (χ1) is 11.1. The van der Waals surface area contributed by atoms with Crippen LogP contribution in [0.25, 0.3) is 0 Å². The molecule has 0 aliphatic carbocycles. The minimum absolute atomic E-state index is 0.00863. The first-order valence-corrected chi connectivity index (χ1v) is 8.30. The van der Waals surface area contributed by atoms with Gasteiger partial charge in [-0.15, -0.1) is 0 Å². The Morgan fingerprint density at radius 1 is 1.50 bits per heavy atom. The molecule has 4 N–H and O–H groups in total. The number of aryl methyl sites for hydroxylation is 1. The summed E-state index contributed by atoms with van der Waals surface area (Å²) < 4.78 is 10.6. The number of hydrogen-bond acceptors (Lipinski definition) is 5. The van der Waals surface area contributed by atoms with E-state index in [-0.39, 0.29) is 22.2 Å². The van der Waals surface area contributed by atoms with Crippen LogP contribution in [0.5, 0.6) is 0 Å². The second-order valence-corrected chi connectivity index (χ2v) is 6.85. The topological polar surface area (TPSA) is 104 Å². The van der Waals surface area contributed by atoms with Crippen LogP contribution in [0.4, 0.5) is 0 Å². The summed E-state index contributed by atoms with van der Waals surface area (Å²) in [7, 11) is 1.45. The molecule has 0 radical (unpaired) electrons. The summed E-state index contributed by atoms with van der Waals surface area (Å²) in [5.74, 6) is -0.531. The van der Waals surface area contributed by atoms with E-state index < -0.39 is 36.0 Å². The molecule has 136 valence electrons. The SMILES string of the molecule is CO[C@@H]1C[C@@](O)([C@H](C)NC(=O)c2[nH]c(C)c(Cl)c2Cl)[C@H](O)[C@@H](C)O1. The Morgan fingerprint density at radius 3 is 2.62 bits per heavy atom. The van der Waals surface area contributed by atoms with E-state index >= 15 is 0 Å². The minimum Gasteiger partial charge on any atom is -0.387 e. The van der Waals surface area contributed by atoms with E-state index in [4.69, 9.17) is 32.7 Å². The minimum atomic E-state index is -1.62. The van der Waals surface area contributed by atoms with E-state index in [1.165, 1.54) is 7.11 Å². The number of rotatable bonds is 4. The van der Waals surface area contributed by atoms with Gasteiger partial charge in [0.1, 0.15) is 17.4 Å². The van der Waals surface area contributed by atoms with E-state index in [2.05, 4.69) is 10.3 Å². The molecule has 0 saturated carbocycles. The molecule has 7 nitrogen and oxygen atoms in total. The van der Waals surface area contributed by atoms with Crippen molar-refractivity contribution in [1.82, 2.24) is 10.3 Å². The lowest BCUT2D eigenvalue weighted by Gasteiger charge is -2.46. The molecule has 5 atom stereocenters. The van der Waals surface area contributed by atoms with Crippen molar-refractivity contribution in [1.29, 1.82) is 0 Å². The number of aromatic amines is 1. The number of aliphatic hydroxyl groups excluding tert-OH is 1. The molecular formula is C15H22Cl2N2O5. The summed E-state index contributed by atoms with van der Waals surface area (Å²) in [6, 6.07) is -0.789. The second-order valence-electron chi connectivity index (χ2n) is 6.09. The highest BCUT2D eigenvalue weighted by Gasteiger charge is 2.50. The number of aliphatic hydroxyl groups is 2. The maximum absolute atomic E-state index is 12.4. The lowest BCUT2D eigenvalue weighted by Crippen LogP contribution is -2.65. The molecule has 0 bridgehead atoms. The zero-order valence-corrected chi connectivity index (χ0v) is 15.4. The lowest BCUT2D eigenvalue weighted by molar-refractivity contribution is -0.274. The van der Waals surface area contributed by atoms with Gasteiger partial charge in [-0.3, -0.25) is 4.79 Å². The number of carbonyl (C=O) groups excluding carboxylic acids is 1. The van der Waals surface area contributed by atoms with Gasteiger partial charge < -0.3 is 30.0 Å². The van der Waals surface area contributed by atoms with Crippen LogP contribution in [0.1, 0.15) is 36.5 Å². The summed E-state index contributed by atoms with van der Waals surface area (Å²) >= 11 is 12.0. The van der Waals surface area contributed by atoms with Gasteiger partial charge in [-0.25, -0.2) is 0 Å². The van der Waals surface area contributed by atoms with Crippen molar-refractivity contribution in [3.63, 3.8) is 0 Å². The third-order valence-electron chi connectivity index (χ3n) is 4.46. The number of ether oxygens (including phenoxy) is 2. The predicted octanol–water partition coefficient (Wildman–Crippen LogP) is 1.62. The lowest BCUT2D eigenvalue weighted by atomic mass is 9.81. The summed E-state index contributed by atoms with van der Waals surface area (Å²) in [4.78, 5) is 15.2. The van der Waals surface area contributed by atoms with Crippen LogP contribution in [-0.4, -0.2) is 58.4 Å². The maximum atomic E-state index is 12.4. The highest BCUT2D eigenvalue weighted by molar-refractivity contribution is 6.44. The average Bonchev–Trinajstić information content (AvgIpc) is 2.79. The number of methoxy groups -OCH3 is 1.